The Bertz CT molecular complexity index is 924. The van der Waals surface area contributed by atoms with Gasteiger partial charge in [0.2, 0.25) is 0 Å². The van der Waals surface area contributed by atoms with E-state index in [1.165, 1.54) is 29.3 Å². The van der Waals surface area contributed by atoms with Crippen molar-refractivity contribution in [3.05, 3.63) is 41.3 Å². The van der Waals surface area contributed by atoms with Gasteiger partial charge >= 0.3 is 0 Å². The molecule has 0 aromatic carbocycles. The highest BCUT2D eigenvalue weighted by Crippen LogP contribution is 2.35. The highest BCUT2D eigenvalue weighted by molar-refractivity contribution is 7.99. The number of thiazole rings is 1. The molecule has 0 saturated heterocycles. The number of thioether (sulfide) groups is 1. The number of aliphatic hydroxyl groups is 3. The summed E-state index contributed by atoms with van der Waals surface area (Å²) in [6, 6.07) is 3.52. The number of pyridine rings is 1. The Labute approximate surface area is 169 Å². The van der Waals surface area contributed by atoms with Crippen molar-refractivity contribution in [3.63, 3.8) is 0 Å². The number of nitrogens with one attached hydrogen (secondary N) is 1. The summed E-state index contributed by atoms with van der Waals surface area (Å²) in [6.45, 7) is 1.45. The van der Waals surface area contributed by atoms with Crippen LogP contribution in [0.15, 0.2) is 34.8 Å². The van der Waals surface area contributed by atoms with Crippen molar-refractivity contribution < 1.29 is 20.1 Å². The van der Waals surface area contributed by atoms with Crippen molar-refractivity contribution in [2.45, 2.75) is 17.9 Å². The molecule has 9 nitrogen and oxygen atoms in total. The van der Waals surface area contributed by atoms with Crippen molar-refractivity contribution >= 4 is 34.0 Å². The zero-order chi connectivity index (χ0) is 19.9. The minimum atomic E-state index is -1.03. The van der Waals surface area contributed by atoms with Crippen LogP contribution in [0.4, 0.5) is 10.9 Å². The van der Waals surface area contributed by atoms with Gasteiger partial charge in [0.1, 0.15) is 11.8 Å². The highest BCUT2D eigenvalue weighted by atomic mass is 32.2. The maximum Gasteiger partial charge on any atom is 0.188 e. The molecule has 0 fully saturated rings. The largest absolute Gasteiger partial charge is 0.451 e. The molecule has 3 rings (SSSR count). The summed E-state index contributed by atoms with van der Waals surface area (Å²) in [4.78, 5) is 9.50. The molecule has 0 aliphatic rings. The first-order chi connectivity index (χ1) is 13.6. The smallest absolute Gasteiger partial charge is 0.188 e. The number of anilines is 2. The van der Waals surface area contributed by atoms with Gasteiger partial charge in [0.05, 0.1) is 25.1 Å². The van der Waals surface area contributed by atoms with Gasteiger partial charge in [-0.2, -0.15) is 10.2 Å². The first-order valence-corrected chi connectivity index (χ1v) is 10.2. The summed E-state index contributed by atoms with van der Waals surface area (Å²) in [6.07, 6.45) is 2.18. The second kappa shape index (κ2) is 9.75. The molecule has 4 N–H and O–H groups in total. The Morgan fingerprint density at radius 3 is 2.93 bits per heavy atom. The Morgan fingerprint density at radius 2 is 2.18 bits per heavy atom. The minimum Gasteiger partial charge on any atom is -0.451 e. The van der Waals surface area contributed by atoms with Crippen LogP contribution >= 0.6 is 23.1 Å². The van der Waals surface area contributed by atoms with Gasteiger partial charge in [0, 0.05) is 28.3 Å². The number of aryl methyl sites for hydroxylation is 1. The Balaban J connectivity index is 1.88. The number of nitrogens with zero attached hydrogens (tertiary/aromatic N) is 4. The average Bonchev–Trinajstić information content (AvgIpc) is 3.17. The van der Waals surface area contributed by atoms with Crippen molar-refractivity contribution in [2.75, 3.05) is 24.3 Å². The van der Waals surface area contributed by atoms with E-state index in [2.05, 4.69) is 25.5 Å². The molecule has 0 radical (unpaired) electrons. The maximum atomic E-state index is 9.70. The van der Waals surface area contributed by atoms with Crippen LogP contribution in [0.2, 0.25) is 0 Å². The summed E-state index contributed by atoms with van der Waals surface area (Å²) in [5, 5.41) is 40.8. The summed E-state index contributed by atoms with van der Waals surface area (Å²) in [5.74, 6) is 1.97. The second-order valence-corrected chi connectivity index (χ2v) is 7.60. The molecule has 28 heavy (non-hydrogen) atoms. The molecule has 1 atom stereocenters. The standard InChI is InChI=1S/C17H19N5O4S2/c1-10-14(2-3-19-22-10)26-15-6-11(27-5-4-23)7-18-16(15)21-17-20-12(9-28-17)13(25)8-24/h2-3,6-7,9,13,23-25H,4-5,8H2,1H3,(H,18,20,21). The number of hydrogen-bond acceptors (Lipinski definition) is 11. The number of aromatic nitrogens is 4. The molecular weight excluding hydrogens is 402 g/mol. The van der Waals surface area contributed by atoms with Gasteiger partial charge in [-0.3, -0.25) is 0 Å². The molecule has 11 heteroatoms. The molecule has 0 bridgehead atoms. The quantitative estimate of drug-likeness (QED) is 0.381. The molecule has 3 aromatic rings. The fraction of sp³-hybridized carbons (Fsp3) is 0.294. The van der Waals surface area contributed by atoms with Crippen LogP contribution < -0.4 is 10.1 Å². The van der Waals surface area contributed by atoms with Crippen molar-refractivity contribution in [2.24, 2.45) is 0 Å². The molecular formula is C17H19N5O4S2. The Kier molecular flexibility index (Phi) is 7.12. The van der Waals surface area contributed by atoms with Crippen LogP contribution in [0.3, 0.4) is 0 Å². The average molecular weight is 422 g/mol. The minimum absolute atomic E-state index is 0.0588. The lowest BCUT2D eigenvalue weighted by Gasteiger charge is -2.13. The van der Waals surface area contributed by atoms with Crippen molar-refractivity contribution in [1.29, 1.82) is 0 Å². The molecule has 0 spiro atoms. The van der Waals surface area contributed by atoms with E-state index in [9.17, 15) is 5.11 Å². The van der Waals surface area contributed by atoms with E-state index in [1.54, 1.807) is 24.6 Å². The molecule has 0 amide bonds. The predicted octanol–water partition coefficient (Wildman–Crippen LogP) is 2.28. The number of ether oxygens (including phenoxy) is 1. The van der Waals surface area contributed by atoms with E-state index in [4.69, 9.17) is 14.9 Å². The van der Waals surface area contributed by atoms with Crippen LogP contribution in [-0.4, -0.2) is 54.5 Å². The van der Waals surface area contributed by atoms with Crippen LogP contribution in [0.5, 0.6) is 11.5 Å². The van der Waals surface area contributed by atoms with Crippen LogP contribution in [0, 0.1) is 6.92 Å². The van der Waals surface area contributed by atoms with Gasteiger partial charge in [-0.25, -0.2) is 9.97 Å². The number of aliphatic hydroxyl groups excluding tert-OH is 3. The lowest BCUT2D eigenvalue weighted by molar-refractivity contribution is 0.0928. The van der Waals surface area contributed by atoms with Gasteiger partial charge in [-0.05, 0) is 13.0 Å². The third kappa shape index (κ3) is 5.14. The monoisotopic (exact) mass is 421 g/mol. The lowest BCUT2D eigenvalue weighted by Crippen LogP contribution is -2.03. The summed E-state index contributed by atoms with van der Waals surface area (Å²) in [7, 11) is 0. The van der Waals surface area contributed by atoms with Gasteiger partial charge < -0.3 is 25.4 Å². The molecule has 3 aromatic heterocycles. The van der Waals surface area contributed by atoms with Crippen molar-refractivity contribution in [1.82, 2.24) is 20.2 Å². The van der Waals surface area contributed by atoms with Crippen LogP contribution in [0.25, 0.3) is 0 Å². The fourth-order valence-electron chi connectivity index (χ4n) is 2.15. The van der Waals surface area contributed by atoms with E-state index >= 15 is 0 Å². The van der Waals surface area contributed by atoms with Gasteiger partial charge in [0.15, 0.2) is 22.4 Å². The molecule has 1 unspecified atom stereocenters. The third-order valence-corrected chi connectivity index (χ3v) is 5.25. The third-order valence-electron chi connectivity index (χ3n) is 3.53. The van der Waals surface area contributed by atoms with Gasteiger partial charge in [-0.15, -0.1) is 23.1 Å². The molecule has 0 saturated carbocycles. The topological polar surface area (TPSA) is 134 Å². The van der Waals surface area contributed by atoms with Gasteiger partial charge in [-0.1, -0.05) is 0 Å². The Hall–Kier alpha value is -2.31. The molecule has 148 valence electrons. The first-order valence-electron chi connectivity index (χ1n) is 8.32. The molecule has 3 heterocycles. The molecule has 0 aliphatic heterocycles. The Morgan fingerprint density at radius 1 is 1.32 bits per heavy atom. The van der Waals surface area contributed by atoms with E-state index in [-0.39, 0.29) is 6.61 Å². The summed E-state index contributed by atoms with van der Waals surface area (Å²) in [5.41, 5.74) is 1.01. The van der Waals surface area contributed by atoms with E-state index < -0.39 is 12.7 Å². The lowest BCUT2D eigenvalue weighted by atomic mass is 10.3. The first kappa shape index (κ1) is 20.4. The van der Waals surface area contributed by atoms with E-state index in [1.807, 2.05) is 6.07 Å². The fourth-order valence-corrected chi connectivity index (χ4v) is 3.55. The van der Waals surface area contributed by atoms with Gasteiger partial charge in [0.25, 0.3) is 0 Å². The second-order valence-electron chi connectivity index (χ2n) is 5.57. The summed E-state index contributed by atoms with van der Waals surface area (Å²) >= 11 is 2.73. The molecule has 0 aliphatic carbocycles. The van der Waals surface area contributed by atoms with E-state index in [0.717, 1.165) is 4.90 Å². The van der Waals surface area contributed by atoms with Crippen LogP contribution in [-0.2, 0) is 0 Å². The maximum absolute atomic E-state index is 9.70. The van der Waals surface area contributed by atoms with Crippen molar-refractivity contribution in [3.8, 4) is 11.5 Å². The highest BCUT2D eigenvalue weighted by Gasteiger charge is 2.15. The predicted molar refractivity (Wildman–Crippen MR) is 106 cm³/mol. The summed E-state index contributed by atoms with van der Waals surface area (Å²) < 4.78 is 5.99. The zero-order valence-corrected chi connectivity index (χ0v) is 16.6. The number of hydrogen-bond donors (Lipinski definition) is 4. The SMILES string of the molecule is Cc1nnccc1Oc1cc(SCCO)cnc1Nc1nc(C(O)CO)cs1. The number of rotatable bonds is 9. The normalized spacial score (nSPS) is 12.0. The van der Waals surface area contributed by atoms with E-state index in [0.29, 0.717) is 39.6 Å². The zero-order valence-electron chi connectivity index (χ0n) is 14.9. The van der Waals surface area contributed by atoms with Crippen LogP contribution in [0.1, 0.15) is 17.5 Å².